The number of benzene rings is 1. The predicted molar refractivity (Wildman–Crippen MR) is 137 cm³/mol. The average molecular weight is 422 g/mol. The summed E-state index contributed by atoms with van der Waals surface area (Å²) in [6, 6.07) is 10.3. The first kappa shape index (κ1) is 21.8. The molecule has 3 N–H and O–H groups in total. The summed E-state index contributed by atoms with van der Waals surface area (Å²) in [5, 5.41) is 3.60. The Morgan fingerprint density at radius 3 is 2.62 bits per heavy atom. The molecule has 3 nitrogen and oxygen atoms in total. The summed E-state index contributed by atoms with van der Waals surface area (Å²) in [4.78, 5) is 5.09. The molecule has 0 fully saturated rings. The van der Waals surface area contributed by atoms with Gasteiger partial charge in [-0.1, -0.05) is 91.9 Å². The van der Waals surface area contributed by atoms with Gasteiger partial charge in [0.1, 0.15) is 0 Å². The molecule has 32 heavy (non-hydrogen) atoms. The molecule has 0 aromatic heterocycles. The number of hydrogen-bond donors (Lipinski definition) is 2. The van der Waals surface area contributed by atoms with Crippen molar-refractivity contribution in [1.29, 1.82) is 0 Å². The highest BCUT2D eigenvalue weighted by Crippen LogP contribution is 2.26. The van der Waals surface area contributed by atoms with Crippen molar-refractivity contribution in [3.05, 3.63) is 126 Å². The Labute approximate surface area is 191 Å². The van der Waals surface area contributed by atoms with E-state index in [0.29, 0.717) is 5.92 Å². The molecule has 162 valence electrons. The van der Waals surface area contributed by atoms with E-state index >= 15 is 0 Å². The second-order valence-corrected chi connectivity index (χ2v) is 8.36. The maximum absolute atomic E-state index is 6.28. The van der Waals surface area contributed by atoms with Gasteiger partial charge in [-0.25, -0.2) is 0 Å². The van der Waals surface area contributed by atoms with Crippen LogP contribution in [0.25, 0.3) is 5.70 Å². The van der Waals surface area contributed by atoms with E-state index in [1.807, 2.05) is 24.3 Å². The van der Waals surface area contributed by atoms with Crippen LogP contribution in [0, 0.1) is 11.8 Å². The lowest BCUT2D eigenvalue weighted by Crippen LogP contribution is -2.27. The summed E-state index contributed by atoms with van der Waals surface area (Å²) in [5.41, 5.74) is 12.8. The van der Waals surface area contributed by atoms with Crippen LogP contribution < -0.4 is 11.1 Å². The van der Waals surface area contributed by atoms with Crippen molar-refractivity contribution < 1.29 is 0 Å². The van der Waals surface area contributed by atoms with Gasteiger partial charge >= 0.3 is 0 Å². The number of nitrogens with two attached hydrogens (primary N) is 1. The third-order valence-corrected chi connectivity index (χ3v) is 5.98. The zero-order valence-corrected chi connectivity index (χ0v) is 18.8. The summed E-state index contributed by atoms with van der Waals surface area (Å²) < 4.78 is 0. The van der Waals surface area contributed by atoms with Crippen molar-refractivity contribution in [3.8, 4) is 0 Å². The van der Waals surface area contributed by atoms with Crippen LogP contribution >= 0.6 is 0 Å². The van der Waals surface area contributed by atoms with Gasteiger partial charge in [0, 0.05) is 28.9 Å². The molecule has 0 spiro atoms. The molecule has 2 aliphatic carbocycles. The van der Waals surface area contributed by atoms with Crippen LogP contribution in [0.1, 0.15) is 25.8 Å². The fourth-order valence-electron chi connectivity index (χ4n) is 4.04. The van der Waals surface area contributed by atoms with Gasteiger partial charge in [0.25, 0.3) is 0 Å². The first-order chi connectivity index (χ1) is 15.6. The van der Waals surface area contributed by atoms with Crippen molar-refractivity contribution >= 4 is 11.4 Å². The zero-order chi connectivity index (χ0) is 22.3. The highest BCUT2D eigenvalue weighted by Gasteiger charge is 2.17. The monoisotopic (exact) mass is 421 g/mol. The molecule has 0 bridgehead atoms. The number of nitrogens with zero attached hydrogens (tertiary/aromatic N) is 1. The molecular weight excluding hydrogens is 390 g/mol. The van der Waals surface area contributed by atoms with E-state index < -0.39 is 0 Å². The minimum atomic E-state index is -0.0953. The third kappa shape index (κ3) is 5.24. The maximum Gasteiger partial charge on any atom is 0.0668 e. The van der Waals surface area contributed by atoms with Crippen LogP contribution in [0.4, 0.5) is 0 Å². The Bertz CT molecular complexity index is 1100. The molecule has 0 amide bonds. The molecule has 0 saturated heterocycles. The van der Waals surface area contributed by atoms with Gasteiger partial charge in [-0.3, -0.25) is 4.99 Å². The molecule has 1 aromatic rings. The molecule has 1 aliphatic heterocycles. The summed E-state index contributed by atoms with van der Waals surface area (Å²) in [7, 11) is 0. The van der Waals surface area contributed by atoms with Crippen molar-refractivity contribution in [2.75, 3.05) is 0 Å². The standard InChI is InChI=1S/C29H31N3/c1-21(27-18-11-19-28(32-27)25-16-9-10-17-26(25)30)20-29(24-14-7-4-8-15-24)31-22(2)23-12-5-3-6-13-23/h3-12,14-21,23,26,32H,13,30H2,1-2H3/b28-25-,29-20-,31-22?. The largest absolute Gasteiger partial charge is 0.358 e. The van der Waals surface area contributed by atoms with Crippen LogP contribution in [-0.4, -0.2) is 11.8 Å². The molecule has 4 rings (SSSR count). The minimum absolute atomic E-state index is 0.0953. The van der Waals surface area contributed by atoms with E-state index in [2.05, 4.69) is 98.1 Å². The van der Waals surface area contributed by atoms with E-state index in [1.54, 1.807) is 0 Å². The average Bonchev–Trinajstić information content (AvgIpc) is 2.85. The molecule has 3 aliphatic rings. The Kier molecular flexibility index (Phi) is 6.98. The van der Waals surface area contributed by atoms with Crippen LogP contribution in [0.3, 0.4) is 0 Å². The summed E-state index contributed by atoms with van der Waals surface area (Å²) in [6.45, 7) is 4.33. The zero-order valence-electron chi connectivity index (χ0n) is 18.8. The number of aliphatic imine (C=N–C) groups is 1. The van der Waals surface area contributed by atoms with Crippen molar-refractivity contribution in [1.82, 2.24) is 5.32 Å². The lowest BCUT2D eigenvalue weighted by Gasteiger charge is -2.24. The normalized spacial score (nSPS) is 26.2. The molecule has 3 heteroatoms. The number of hydrogen-bond acceptors (Lipinski definition) is 3. The predicted octanol–water partition coefficient (Wildman–Crippen LogP) is 6.01. The van der Waals surface area contributed by atoms with Gasteiger partial charge in [-0.05, 0) is 42.7 Å². The second kappa shape index (κ2) is 10.3. The van der Waals surface area contributed by atoms with Crippen LogP contribution in [0.2, 0.25) is 0 Å². The van der Waals surface area contributed by atoms with Gasteiger partial charge in [-0.15, -0.1) is 0 Å². The first-order valence-corrected chi connectivity index (χ1v) is 11.3. The second-order valence-electron chi connectivity index (χ2n) is 8.36. The van der Waals surface area contributed by atoms with E-state index in [1.165, 1.54) is 0 Å². The van der Waals surface area contributed by atoms with E-state index in [-0.39, 0.29) is 12.0 Å². The van der Waals surface area contributed by atoms with Crippen molar-refractivity contribution in [2.24, 2.45) is 22.6 Å². The van der Waals surface area contributed by atoms with Crippen LogP contribution in [-0.2, 0) is 0 Å². The smallest absolute Gasteiger partial charge is 0.0668 e. The van der Waals surface area contributed by atoms with E-state index in [9.17, 15) is 0 Å². The maximum atomic E-state index is 6.28. The van der Waals surface area contributed by atoms with Gasteiger partial charge < -0.3 is 11.1 Å². The fraction of sp³-hybridized carbons (Fsp3) is 0.207. The molecule has 0 saturated carbocycles. The summed E-state index contributed by atoms with van der Waals surface area (Å²) in [5.74, 6) is 0.504. The topological polar surface area (TPSA) is 50.4 Å². The quantitative estimate of drug-likeness (QED) is 0.572. The Morgan fingerprint density at radius 1 is 1.06 bits per heavy atom. The summed E-state index contributed by atoms with van der Waals surface area (Å²) in [6.07, 6.45) is 26.3. The molecular formula is C29H31N3. The number of nitrogens with one attached hydrogen (secondary N) is 1. The van der Waals surface area contributed by atoms with Gasteiger partial charge in [0.2, 0.25) is 0 Å². The molecule has 0 radical (unpaired) electrons. The molecule has 3 unspecified atom stereocenters. The van der Waals surface area contributed by atoms with Gasteiger partial charge in [-0.2, -0.15) is 0 Å². The molecule has 3 atom stereocenters. The van der Waals surface area contributed by atoms with Crippen LogP contribution in [0.5, 0.6) is 0 Å². The van der Waals surface area contributed by atoms with Crippen molar-refractivity contribution in [2.45, 2.75) is 26.3 Å². The first-order valence-electron chi connectivity index (χ1n) is 11.3. The van der Waals surface area contributed by atoms with E-state index in [4.69, 9.17) is 10.7 Å². The Morgan fingerprint density at radius 2 is 1.88 bits per heavy atom. The number of rotatable bonds is 5. The highest BCUT2D eigenvalue weighted by atomic mass is 14.9. The van der Waals surface area contributed by atoms with E-state index in [0.717, 1.165) is 40.4 Å². The van der Waals surface area contributed by atoms with Crippen LogP contribution in [0.15, 0.2) is 125 Å². The third-order valence-electron chi connectivity index (χ3n) is 5.98. The van der Waals surface area contributed by atoms with Crippen molar-refractivity contribution in [3.63, 3.8) is 0 Å². The minimum Gasteiger partial charge on any atom is -0.358 e. The number of allylic oxidation sites excluding steroid dienone is 10. The fourth-order valence-corrected chi connectivity index (χ4v) is 4.04. The number of dihydropyridines is 1. The Balaban J connectivity index is 1.62. The molecule has 1 heterocycles. The summed E-state index contributed by atoms with van der Waals surface area (Å²) >= 11 is 0. The Hall–Kier alpha value is -3.43. The van der Waals surface area contributed by atoms with Gasteiger partial charge in [0.15, 0.2) is 0 Å². The van der Waals surface area contributed by atoms with Gasteiger partial charge in [0.05, 0.1) is 11.7 Å². The lowest BCUT2D eigenvalue weighted by molar-refractivity contribution is 0.758. The SMILES string of the molecule is CC(=N/C(=C\C(C)C1=CC=C/C(=C2\C=CC=CC2N)N1)c1ccccc1)C1C=CC=CC1. The lowest BCUT2D eigenvalue weighted by atomic mass is 9.95. The molecule has 1 aromatic carbocycles. The highest BCUT2D eigenvalue weighted by molar-refractivity contribution is 5.91.